The van der Waals surface area contributed by atoms with Crippen molar-refractivity contribution in [3.63, 3.8) is 0 Å². The molecule has 0 aliphatic carbocycles. The van der Waals surface area contributed by atoms with Gasteiger partial charge in [0.15, 0.2) is 0 Å². The van der Waals surface area contributed by atoms with Gasteiger partial charge in [-0.15, -0.1) is 6.58 Å². The SMILES string of the molecule is C=C[C@@H]1O[C@H](CO)[C@H]2O[C@@]12S(=O)c1ccc(C)cc1. The molecular weight excluding hydrogens is 264 g/mol. The van der Waals surface area contributed by atoms with E-state index in [0.717, 1.165) is 5.56 Å². The van der Waals surface area contributed by atoms with E-state index in [0.29, 0.717) is 4.90 Å². The number of aliphatic hydroxyl groups is 1. The van der Waals surface area contributed by atoms with E-state index in [1.165, 1.54) is 0 Å². The van der Waals surface area contributed by atoms with Crippen molar-refractivity contribution in [3.8, 4) is 0 Å². The predicted molar refractivity (Wildman–Crippen MR) is 71.1 cm³/mol. The van der Waals surface area contributed by atoms with Crippen LogP contribution in [0.2, 0.25) is 0 Å². The third kappa shape index (κ3) is 1.80. The lowest BCUT2D eigenvalue weighted by atomic mass is 10.2. The number of hydrogen-bond acceptors (Lipinski definition) is 4. The van der Waals surface area contributed by atoms with Gasteiger partial charge in [-0.2, -0.15) is 0 Å². The first-order valence-electron chi connectivity index (χ1n) is 6.18. The van der Waals surface area contributed by atoms with Crippen molar-refractivity contribution in [1.29, 1.82) is 0 Å². The second kappa shape index (κ2) is 4.52. The lowest BCUT2D eigenvalue weighted by molar-refractivity contribution is -0.0374. The minimum absolute atomic E-state index is 0.137. The molecule has 0 aromatic heterocycles. The first kappa shape index (κ1) is 13.0. The Balaban J connectivity index is 1.91. The maximum absolute atomic E-state index is 12.7. The zero-order valence-corrected chi connectivity index (χ0v) is 11.4. The van der Waals surface area contributed by atoms with Crippen molar-refractivity contribution in [2.75, 3.05) is 6.61 Å². The predicted octanol–water partition coefficient (Wildman–Crippen LogP) is 1.14. The molecule has 102 valence electrons. The number of rotatable bonds is 4. The number of hydrogen-bond donors (Lipinski definition) is 1. The summed E-state index contributed by atoms with van der Waals surface area (Å²) in [7, 11) is -1.34. The highest BCUT2D eigenvalue weighted by Gasteiger charge is 2.74. The minimum Gasteiger partial charge on any atom is -0.394 e. The third-order valence-corrected chi connectivity index (χ3v) is 5.47. The molecule has 4 nitrogen and oxygen atoms in total. The summed E-state index contributed by atoms with van der Waals surface area (Å²) in [6.45, 7) is 5.55. The molecule has 0 amide bonds. The van der Waals surface area contributed by atoms with Crippen LogP contribution in [0.15, 0.2) is 41.8 Å². The van der Waals surface area contributed by atoms with Crippen molar-refractivity contribution in [2.45, 2.75) is 35.1 Å². The Morgan fingerprint density at radius 1 is 1.47 bits per heavy atom. The van der Waals surface area contributed by atoms with Crippen molar-refractivity contribution < 1.29 is 18.8 Å². The third-order valence-electron chi connectivity index (χ3n) is 3.63. The van der Waals surface area contributed by atoms with Gasteiger partial charge in [-0.05, 0) is 19.1 Å². The number of epoxide rings is 1. The number of fused-ring (bicyclic) bond motifs is 1. The Hall–Kier alpha value is -1.01. The van der Waals surface area contributed by atoms with Gasteiger partial charge in [0.2, 0.25) is 4.93 Å². The summed E-state index contributed by atoms with van der Waals surface area (Å²) >= 11 is 0. The molecule has 2 saturated heterocycles. The van der Waals surface area contributed by atoms with Crippen molar-refractivity contribution in [3.05, 3.63) is 42.5 Å². The Kier molecular flexibility index (Phi) is 3.09. The highest BCUT2D eigenvalue weighted by atomic mass is 32.2. The maximum atomic E-state index is 12.7. The van der Waals surface area contributed by atoms with Crippen LogP contribution in [-0.4, -0.2) is 39.2 Å². The summed E-state index contributed by atoms with van der Waals surface area (Å²) in [5, 5.41) is 9.24. The molecule has 2 aliphatic rings. The van der Waals surface area contributed by atoms with E-state index in [1.807, 2.05) is 31.2 Å². The molecule has 2 fully saturated rings. The molecule has 5 heteroatoms. The largest absolute Gasteiger partial charge is 0.394 e. The molecule has 1 aromatic rings. The quantitative estimate of drug-likeness (QED) is 0.664. The van der Waals surface area contributed by atoms with Gasteiger partial charge in [0.05, 0.1) is 17.4 Å². The van der Waals surface area contributed by atoms with Gasteiger partial charge < -0.3 is 14.6 Å². The van der Waals surface area contributed by atoms with Crippen molar-refractivity contribution in [1.82, 2.24) is 0 Å². The zero-order valence-electron chi connectivity index (χ0n) is 10.6. The van der Waals surface area contributed by atoms with Crippen LogP contribution in [-0.2, 0) is 20.3 Å². The minimum atomic E-state index is -1.34. The van der Waals surface area contributed by atoms with Crippen molar-refractivity contribution >= 4 is 10.8 Å². The smallest absolute Gasteiger partial charge is 0.205 e. The van der Waals surface area contributed by atoms with E-state index in [9.17, 15) is 9.32 Å². The standard InChI is InChI=1S/C14H16O4S/c1-3-12-14(13(18-14)11(8-15)17-12)19(16)10-6-4-9(2)5-7-10/h3-7,11-13,15H,1,8H2,2H3/t11-,12+,13-,14-,19?/m1/s1. The first-order valence-corrected chi connectivity index (χ1v) is 7.33. The number of benzene rings is 1. The van der Waals surface area contributed by atoms with Crippen LogP contribution >= 0.6 is 0 Å². The van der Waals surface area contributed by atoms with Crippen LogP contribution in [0, 0.1) is 6.92 Å². The van der Waals surface area contributed by atoms with E-state index in [1.54, 1.807) is 6.08 Å². The zero-order chi connectivity index (χ0) is 13.6. The summed E-state index contributed by atoms with van der Waals surface area (Å²) in [4.78, 5) is -0.160. The molecule has 3 rings (SSSR count). The monoisotopic (exact) mass is 280 g/mol. The maximum Gasteiger partial charge on any atom is 0.205 e. The fraction of sp³-hybridized carbons (Fsp3) is 0.429. The lowest BCUT2D eigenvalue weighted by Crippen LogP contribution is -2.31. The van der Waals surface area contributed by atoms with Crippen LogP contribution in [0.3, 0.4) is 0 Å². The summed E-state index contributed by atoms with van der Waals surface area (Å²) in [6.07, 6.45) is 0.415. The summed E-state index contributed by atoms with van der Waals surface area (Å²) < 4.78 is 24.0. The molecule has 5 atom stereocenters. The van der Waals surface area contributed by atoms with Gasteiger partial charge in [0.1, 0.15) is 18.3 Å². The van der Waals surface area contributed by atoms with Gasteiger partial charge in [-0.1, -0.05) is 23.8 Å². The second-order valence-electron chi connectivity index (χ2n) is 4.86. The normalized spacial score (nSPS) is 37.7. The molecule has 0 radical (unpaired) electrons. The molecule has 0 bridgehead atoms. The van der Waals surface area contributed by atoms with Crippen LogP contribution in [0.5, 0.6) is 0 Å². The Morgan fingerprint density at radius 2 is 2.16 bits per heavy atom. The number of aryl methyl sites for hydroxylation is 1. The average molecular weight is 280 g/mol. The molecule has 19 heavy (non-hydrogen) atoms. The highest BCUT2D eigenvalue weighted by molar-refractivity contribution is 7.86. The Morgan fingerprint density at radius 3 is 2.74 bits per heavy atom. The molecule has 2 heterocycles. The fourth-order valence-corrected chi connectivity index (χ4v) is 4.21. The van der Waals surface area contributed by atoms with E-state index in [-0.39, 0.29) is 12.7 Å². The molecular formula is C14H16O4S. The molecule has 1 N–H and O–H groups in total. The summed E-state index contributed by atoms with van der Waals surface area (Å²) in [5.41, 5.74) is 1.11. The molecule has 0 saturated carbocycles. The summed E-state index contributed by atoms with van der Waals surface area (Å²) in [6, 6.07) is 7.52. The number of ether oxygens (including phenoxy) is 2. The average Bonchev–Trinajstić information content (AvgIpc) is 3.10. The van der Waals surface area contributed by atoms with Crippen LogP contribution in [0.1, 0.15) is 5.56 Å². The highest BCUT2D eigenvalue weighted by Crippen LogP contribution is 2.54. The van der Waals surface area contributed by atoms with Gasteiger partial charge in [0, 0.05) is 4.90 Å². The fourth-order valence-electron chi connectivity index (χ4n) is 2.54. The lowest BCUT2D eigenvalue weighted by Gasteiger charge is -2.17. The molecule has 1 unspecified atom stereocenters. The second-order valence-corrected chi connectivity index (χ2v) is 6.50. The van der Waals surface area contributed by atoms with Gasteiger partial charge in [0.25, 0.3) is 0 Å². The Labute approximate surface area is 114 Å². The van der Waals surface area contributed by atoms with E-state index < -0.39 is 27.9 Å². The first-order chi connectivity index (χ1) is 9.13. The van der Waals surface area contributed by atoms with E-state index in [4.69, 9.17) is 9.47 Å². The Bertz CT molecular complexity index is 527. The topological polar surface area (TPSA) is 59.1 Å². The van der Waals surface area contributed by atoms with Crippen LogP contribution in [0.4, 0.5) is 0 Å². The van der Waals surface area contributed by atoms with Gasteiger partial charge in [-0.25, -0.2) is 0 Å². The van der Waals surface area contributed by atoms with E-state index in [2.05, 4.69) is 6.58 Å². The summed E-state index contributed by atoms with van der Waals surface area (Å²) in [5.74, 6) is 0. The van der Waals surface area contributed by atoms with Crippen molar-refractivity contribution in [2.24, 2.45) is 0 Å². The van der Waals surface area contributed by atoms with Gasteiger partial charge in [-0.3, -0.25) is 4.21 Å². The van der Waals surface area contributed by atoms with E-state index >= 15 is 0 Å². The van der Waals surface area contributed by atoms with Gasteiger partial charge >= 0.3 is 0 Å². The van der Waals surface area contributed by atoms with Crippen LogP contribution in [0.25, 0.3) is 0 Å². The number of aliphatic hydroxyl groups excluding tert-OH is 1. The molecule has 1 aromatic carbocycles. The van der Waals surface area contributed by atoms with Crippen LogP contribution < -0.4 is 0 Å². The molecule has 0 spiro atoms. The molecule has 2 aliphatic heterocycles.